The fourth-order valence-corrected chi connectivity index (χ4v) is 2.94. The molecule has 0 bridgehead atoms. The summed E-state index contributed by atoms with van der Waals surface area (Å²) in [5.74, 6) is -1.94. The summed E-state index contributed by atoms with van der Waals surface area (Å²) in [6, 6.07) is 2.89. The predicted molar refractivity (Wildman–Crippen MR) is 80.7 cm³/mol. The van der Waals surface area contributed by atoms with Gasteiger partial charge < -0.3 is 9.64 Å². The zero-order valence-electron chi connectivity index (χ0n) is 13.2. The van der Waals surface area contributed by atoms with Crippen LogP contribution in [0.15, 0.2) is 18.2 Å². The molecule has 0 N–H and O–H groups in total. The number of likely N-dealkylation sites (tertiary alicyclic amines) is 1. The van der Waals surface area contributed by atoms with E-state index in [0.717, 1.165) is 37.5 Å². The number of piperidine rings is 1. The van der Waals surface area contributed by atoms with E-state index in [4.69, 9.17) is 4.74 Å². The average Bonchev–Trinajstić information content (AvgIpc) is 2.46. The van der Waals surface area contributed by atoms with Gasteiger partial charge in [-0.1, -0.05) is 0 Å². The Bertz CT molecular complexity index is 557. The van der Waals surface area contributed by atoms with Crippen molar-refractivity contribution in [3.8, 4) is 0 Å². The van der Waals surface area contributed by atoms with E-state index in [2.05, 4.69) is 0 Å². The Morgan fingerprint density at radius 1 is 1.22 bits per heavy atom. The molecule has 1 heterocycles. The maximum atomic E-state index is 13.2. The van der Waals surface area contributed by atoms with Crippen LogP contribution in [0.25, 0.3) is 0 Å². The molecule has 2 rings (SSSR count). The molecule has 0 radical (unpaired) electrons. The summed E-state index contributed by atoms with van der Waals surface area (Å²) in [5.41, 5.74) is 0.299. The van der Waals surface area contributed by atoms with Crippen molar-refractivity contribution in [1.82, 2.24) is 4.90 Å². The number of rotatable bonds is 5. The number of esters is 1. The summed E-state index contributed by atoms with van der Waals surface area (Å²) in [5, 5.41) is 0. The van der Waals surface area contributed by atoms with Gasteiger partial charge in [-0.05, 0) is 43.9 Å². The first-order valence-electron chi connectivity index (χ1n) is 7.89. The minimum Gasteiger partial charge on any atom is -0.466 e. The van der Waals surface area contributed by atoms with Gasteiger partial charge in [-0.3, -0.25) is 9.59 Å². The van der Waals surface area contributed by atoms with Crippen molar-refractivity contribution >= 4 is 11.9 Å². The highest BCUT2D eigenvalue weighted by Gasteiger charge is 2.29. The van der Waals surface area contributed by atoms with Gasteiger partial charge in [-0.15, -0.1) is 0 Å². The smallest absolute Gasteiger partial charge is 0.307 e. The third kappa shape index (κ3) is 5.01. The van der Waals surface area contributed by atoms with Crippen molar-refractivity contribution in [3.05, 3.63) is 35.4 Å². The number of ether oxygens (including phenoxy) is 1. The maximum Gasteiger partial charge on any atom is 0.307 e. The van der Waals surface area contributed by atoms with Crippen LogP contribution in [0, 0.1) is 11.6 Å². The van der Waals surface area contributed by atoms with Crippen molar-refractivity contribution in [1.29, 1.82) is 0 Å². The van der Waals surface area contributed by atoms with Gasteiger partial charge in [0.15, 0.2) is 0 Å². The number of hydrogen-bond donors (Lipinski definition) is 0. The van der Waals surface area contributed by atoms with E-state index in [1.165, 1.54) is 0 Å². The van der Waals surface area contributed by atoms with E-state index in [-0.39, 0.29) is 30.8 Å². The summed E-state index contributed by atoms with van der Waals surface area (Å²) in [4.78, 5) is 25.8. The lowest BCUT2D eigenvalue weighted by Gasteiger charge is -2.35. The molecular weight excluding hydrogens is 304 g/mol. The molecule has 1 aromatic rings. The Labute approximate surface area is 134 Å². The zero-order valence-corrected chi connectivity index (χ0v) is 13.2. The first-order valence-corrected chi connectivity index (χ1v) is 7.89. The van der Waals surface area contributed by atoms with Crippen molar-refractivity contribution in [2.24, 2.45) is 0 Å². The second kappa shape index (κ2) is 8.04. The van der Waals surface area contributed by atoms with Crippen LogP contribution in [0.5, 0.6) is 0 Å². The predicted octanol–water partition coefficient (Wildman–Crippen LogP) is 2.84. The lowest BCUT2D eigenvalue weighted by Crippen LogP contribution is -2.45. The average molecular weight is 325 g/mol. The fraction of sp³-hybridized carbons (Fsp3) is 0.529. The highest BCUT2D eigenvalue weighted by Crippen LogP contribution is 2.21. The molecular formula is C17H21F2NO3. The minimum atomic E-state index is -0.700. The van der Waals surface area contributed by atoms with Crippen LogP contribution in [-0.4, -0.2) is 36.0 Å². The Balaban J connectivity index is 2.04. The van der Waals surface area contributed by atoms with Gasteiger partial charge in [-0.25, -0.2) is 8.78 Å². The normalized spacial score (nSPS) is 17.9. The molecule has 0 spiro atoms. The van der Waals surface area contributed by atoms with Crippen LogP contribution in [0.2, 0.25) is 0 Å². The standard InChI is InChI=1S/C17H21F2NO3/c1-2-23-17(22)11-15-5-3-4-6-20(15)16(21)9-12-7-13(18)10-14(19)8-12/h7-8,10,15H,2-6,9,11H2,1H3/t15-/m1/s1. The van der Waals surface area contributed by atoms with Crippen molar-refractivity contribution in [3.63, 3.8) is 0 Å². The van der Waals surface area contributed by atoms with Crippen molar-refractivity contribution in [2.45, 2.75) is 45.1 Å². The Kier molecular flexibility index (Phi) is 6.07. The summed E-state index contributed by atoms with van der Waals surface area (Å²) in [7, 11) is 0. The number of amides is 1. The first-order chi connectivity index (χ1) is 11.0. The van der Waals surface area contributed by atoms with E-state index in [9.17, 15) is 18.4 Å². The molecule has 0 aliphatic carbocycles. The second-order valence-electron chi connectivity index (χ2n) is 5.70. The molecule has 0 aromatic heterocycles. The van der Waals surface area contributed by atoms with Gasteiger partial charge in [0, 0.05) is 18.7 Å². The van der Waals surface area contributed by atoms with Crippen LogP contribution in [-0.2, 0) is 20.7 Å². The summed E-state index contributed by atoms with van der Waals surface area (Å²) >= 11 is 0. The van der Waals surface area contributed by atoms with E-state index in [1.807, 2.05) is 0 Å². The molecule has 1 fully saturated rings. The van der Waals surface area contributed by atoms with E-state index >= 15 is 0 Å². The van der Waals surface area contributed by atoms with Gasteiger partial charge in [0.05, 0.1) is 19.4 Å². The second-order valence-corrected chi connectivity index (χ2v) is 5.70. The molecule has 1 aliphatic heterocycles. The molecule has 4 nitrogen and oxygen atoms in total. The molecule has 1 atom stereocenters. The van der Waals surface area contributed by atoms with Crippen molar-refractivity contribution in [2.75, 3.05) is 13.2 Å². The molecule has 0 saturated carbocycles. The van der Waals surface area contributed by atoms with E-state index in [0.29, 0.717) is 18.7 Å². The van der Waals surface area contributed by atoms with Crippen LogP contribution < -0.4 is 0 Å². The monoisotopic (exact) mass is 325 g/mol. The number of benzene rings is 1. The van der Waals surface area contributed by atoms with Crippen LogP contribution in [0.3, 0.4) is 0 Å². The van der Waals surface area contributed by atoms with Gasteiger partial charge in [0.25, 0.3) is 0 Å². The summed E-state index contributed by atoms with van der Waals surface area (Å²) in [6.07, 6.45) is 2.64. The Morgan fingerprint density at radius 3 is 2.57 bits per heavy atom. The zero-order chi connectivity index (χ0) is 16.8. The SMILES string of the molecule is CCOC(=O)C[C@H]1CCCCN1C(=O)Cc1cc(F)cc(F)c1. The molecule has 126 valence electrons. The molecule has 1 amide bonds. The van der Waals surface area contributed by atoms with E-state index in [1.54, 1.807) is 11.8 Å². The van der Waals surface area contributed by atoms with Crippen LogP contribution in [0.4, 0.5) is 8.78 Å². The molecule has 1 aliphatic rings. The topological polar surface area (TPSA) is 46.6 Å². The number of carbonyl (C=O) groups excluding carboxylic acids is 2. The van der Waals surface area contributed by atoms with Crippen LogP contribution in [0.1, 0.15) is 38.2 Å². The first kappa shape index (κ1) is 17.4. The summed E-state index contributed by atoms with van der Waals surface area (Å²) in [6.45, 7) is 2.60. The number of hydrogen-bond acceptors (Lipinski definition) is 3. The summed E-state index contributed by atoms with van der Waals surface area (Å²) < 4.78 is 31.4. The minimum absolute atomic E-state index is 0.0754. The third-order valence-electron chi connectivity index (χ3n) is 3.93. The number of carbonyl (C=O) groups is 2. The number of halogens is 2. The fourth-order valence-electron chi connectivity index (χ4n) is 2.94. The number of nitrogens with zero attached hydrogens (tertiary/aromatic N) is 1. The Morgan fingerprint density at radius 2 is 1.91 bits per heavy atom. The molecule has 6 heteroatoms. The lowest BCUT2D eigenvalue weighted by atomic mass is 9.98. The Hall–Kier alpha value is -1.98. The van der Waals surface area contributed by atoms with Crippen LogP contribution >= 0.6 is 0 Å². The molecule has 23 heavy (non-hydrogen) atoms. The van der Waals surface area contributed by atoms with Gasteiger partial charge in [0.1, 0.15) is 11.6 Å². The van der Waals surface area contributed by atoms with Crippen molar-refractivity contribution < 1.29 is 23.1 Å². The van der Waals surface area contributed by atoms with Gasteiger partial charge in [-0.2, -0.15) is 0 Å². The quantitative estimate of drug-likeness (QED) is 0.782. The molecule has 1 saturated heterocycles. The molecule has 0 unspecified atom stereocenters. The third-order valence-corrected chi connectivity index (χ3v) is 3.93. The highest BCUT2D eigenvalue weighted by atomic mass is 19.1. The lowest BCUT2D eigenvalue weighted by molar-refractivity contribution is -0.146. The van der Waals surface area contributed by atoms with Gasteiger partial charge >= 0.3 is 5.97 Å². The van der Waals surface area contributed by atoms with Gasteiger partial charge in [0.2, 0.25) is 5.91 Å². The maximum absolute atomic E-state index is 13.2. The van der Waals surface area contributed by atoms with E-state index < -0.39 is 11.6 Å². The largest absolute Gasteiger partial charge is 0.466 e. The highest BCUT2D eigenvalue weighted by molar-refractivity contribution is 5.80. The molecule has 1 aromatic carbocycles.